The molecule has 1 atom stereocenters. The van der Waals surface area contributed by atoms with E-state index in [1.807, 2.05) is 0 Å². The molecule has 2 aliphatic heterocycles. The fourth-order valence-electron chi connectivity index (χ4n) is 3.59. The lowest BCUT2D eigenvalue weighted by molar-refractivity contribution is -0.137. The third kappa shape index (κ3) is 5.68. The minimum absolute atomic E-state index is 0.330. The predicted molar refractivity (Wildman–Crippen MR) is 85.8 cm³/mol. The molecule has 2 rings (SSSR count). The number of carbonyl (C=O) groups is 1. The molecule has 1 N–H and O–H groups in total. The van der Waals surface area contributed by atoms with Gasteiger partial charge in [0.05, 0.1) is 5.84 Å². The second kappa shape index (κ2) is 9.06. The summed E-state index contributed by atoms with van der Waals surface area (Å²) < 4.78 is 0. The molecule has 0 aliphatic carbocycles. The lowest BCUT2D eigenvalue weighted by Crippen LogP contribution is -2.42. The Morgan fingerprint density at radius 3 is 2.81 bits per heavy atom. The zero-order valence-electron chi connectivity index (χ0n) is 13.2. The van der Waals surface area contributed by atoms with Gasteiger partial charge < -0.3 is 10.0 Å². The molecule has 1 fully saturated rings. The van der Waals surface area contributed by atoms with E-state index in [-0.39, 0.29) is 0 Å². The molecule has 1 saturated heterocycles. The molecule has 2 aliphatic rings. The summed E-state index contributed by atoms with van der Waals surface area (Å²) in [7, 11) is 0. The van der Waals surface area contributed by atoms with Gasteiger partial charge in [-0.15, -0.1) is 0 Å². The molecule has 0 amide bonds. The number of unbranched alkanes of at least 4 members (excludes halogenated alkanes) is 4. The molecule has 0 saturated carbocycles. The zero-order valence-corrected chi connectivity index (χ0v) is 13.2. The van der Waals surface area contributed by atoms with Crippen molar-refractivity contribution in [1.29, 1.82) is 0 Å². The number of nitrogens with zero attached hydrogens (tertiary/aromatic N) is 2. The van der Waals surface area contributed by atoms with E-state index in [9.17, 15) is 4.79 Å². The van der Waals surface area contributed by atoms with Crippen molar-refractivity contribution in [1.82, 2.24) is 4.90 Å². The fraction of sp³-hybridized carbons (Fsp3) is 0.882. The number of aliphatic imine (C=N–C) groups is 1. The Labute approximate surface area is 128 Å². The summed E-state index contributed by atoms with van der Waals surface area (Å²) in [5, 5.41) is 8.61. The van der Waals surface area contributed by atoms with E-state index >= 15 is 0 Å². The maximum Gasteiger partial charge on any atom is 0.303 e. The lowest BCUT2D eigenvalue weighted by Gasteiger charge is -2.35. The molecule has 0 aromatic heterocycles. The van der Waals surface area contributed by atoms with Crippen molar-refractivity contribution in [2.45, 2.75) is 83.1 Å². The molecule has 0 bridgehead atoms. The largest absolute Gasteiger partial charge is 0.481 e. The maximum absolute atomic E-state index is 10.4. The molecular weight excluding hydrogens is 264 g/mol. The van der Waals surface area contributed by atoms with Gasteiger partial charge in [0.15, 0.2) is 0 Å². The summed E-state index contributed by atoms with van der Waals surface area (Å²) in [4.78, 5) is 17.8. The van der Waals surface area contributed by atoms with Crippen molar-refractivity contribution in [2.24, 2.45) is 4.99 Å². The number of fused-ring (bicyclic) bond motifs is 1. The highest BCUT2D eigenvalue weighted by Gasteiger charge is 2.25. The van der Waals surface area contributed by atoms with Crippen molar-refractivity contribution < 1.29 is 9.90 Å². The van der Waals surface area contributed by atoms with E-state index in [1.54, 1.807) is 0 Å². The standard InChI is InChI=1S/C17H30N2O2/c20-17(21)12-5-3-1-2-4-9-15-10-6-7-11-16-18-13-8-14-19(15)16/h15H,1-14H2,(H,20,21). The monoisotopic (exact) mass is 294 g/mol. The Hall–Kier alpha value is -1.06. The van der Waals surface area contributed by atoms with Gasteiger partial charge in [-0.25, -0.2) is 0 Å². The van der Waals surface area contributed by atoms with Crippen LogP contribution in [0.4, 0.5) is 0 Å². The minimum atomic E-state index is -0.662. The van der Waals surface area contributed by atoms with Crippen LogP contribution in [0.25, 0.3) is 0 Å². The molecular formula is C17H30N2O2. The zero-order chi connectivity index (χ0) is 14.9. The normalized spacial score (nSPS) is 22.4. The van der Waals surface area contributed by atoms with Gasteiger partial charge in [0.1, 0.15) is 0 Å². The third-order valence-electron chi connectivity index (χ3n) is 4.74. The van der Waals surface area contributed by atoms with E-state index in [2.05, 4.69) is 4.90 Å². The van der Waals surface area contributed by atoms with Crippen LogP contribution in [-0.2, 0) is 4.79 Å². The summed E-state index contributed by atoms with van der Waals surface area (Å²) in [5.74, 6) is 0.718. The summed E-state index contributed by atoms with van der Waals surface area (Å²) in [6.45, 7) is 2.24. The first-order valence-corrected chi connectivity index (χ1v) is 8.79. The number of hydrogen-bond acceptors (Lipinski definition) is 3. The minimum Gasteiger partial charge on any atom is -0.481 e. The van der Waals surface area contributed by atoms with Crippen LogP contribution in [0.15, 0.2) is 4.99 Å². The number of carboxylic acids is 1. The van der Waals surface area contributed by atoms with Gasteiger partial charge in [0, 0.05) is 32.0 Å². The molecule has 0 spiro atoms. The number of hydrogen-bond donors (Lipinski definition) is 1. The van der Waals surface area contributed by atoms with Crippen molar-refractivity contribution in [3.05, 3.63) is 0 Å². The number of rotatable bonds is 8. The third-order valence-corrected chi connectivity index (χ3v) is 4.74. The molecule has 0 aromatic carbocycles. The second-order valence-electron chi connectivity index (χ2n) is 6.44. The highest BCUT2D eigenvalue weighted by molar-refractivity contribution is 5.83. The van der Waals surface area contributed by atoms with Crippen molar-refractivity contribution in [3.63, 3.8) is 0 Å². The average Bonchev–Trinajstić information content (AvgIpc) is 2.68. The topological polar surface area (TPSA) is 52.9 Å². The van der Waals surface area contributed by atoms with Crippen LogP contribution in [0.2, 0.25) is 0 Å². The molecule has 4 nitrogen and oxygen atoms in total. The van der Waals surface area contributed by atoms with Crippen LogP contribution >= 0.6 is 0 Å². The Bertz CT molecular complexity index is 355. The van der Waals surface area contributed by atoms with Gasteiger partial charge in [-0.3, -0.25) is 9.79 Å². The summed E-state index contributed by atoms with van der Waals surface area (Å²) >= 11 is 0. The van der Waals surface area contributed by atoms with E-state index in [0.29, 0.717) is 12.5 Å². The predicted octanol–water partition coefficient (Wildman–Crippen LogP) is 3.85. The van der Waals surface area contributed by atoms with Gasteiger partial charge in [0.25, 0.3) is 0 Å². The van der Waals surface area contributed by atoms with Crippen LogP contribution in [0, 0.1) is 0 Å². The van der Waals surface area contributed by atoms with Crippen LogP contribution in [0.3, 0.4) is 0 Å². The van der Waals surface area contributed by atoms with Gasteiger partial charge >= 0.3 is 5.97 Å². The Morgan fingerprint density at radius 1 is 1.14 bits per heavy atom. The maximum atomic E-state index is 10.4. The molecule has 0 aromatic rings. The number of carboxylic acid groups (broad SMARTS) is 1. The van der Waals surface area contributed by atoms with Crippen molar-refractivity contribution in [2.75, 3.05) is 13.1 Å². The number of aliphatic carboxylic acids is 1. The Kier molecular flexibility index (Phi) is 7.04. The van der Waals surface area contributed by atoms with Crippen LogP contribution in [-0.4, -0.2) is 40.9 Å². The quantitative estimate of drug-likeness (QED) is 0.692. The van der Waals surface area contributed by atoms with E-state index in [4.69, 9.17) is 10.1 Å². The first-order chi connectivity index (χ1) is 10.3. The average molecular weight is 294 g/mol. The van der Waals surface area contributed by atoms with Gasteiger partial charge in [-0.1, -0.05) is 32.1 Å². The van der Waals surface area contributed by atoms with Gasteiger partial charge in [-0.05, 0) is 32.1 Å². The Morgan fingerprint density at radius 2 is 1.95 bits per heavy atom. The molecule has 120 valence electrons. The van der Waals surface area contributed by atoms with Crippen molar-refractivity contribution in [3.8, 4) is 0 Å². The van der Waals surface area contributed by atoms with Crippen LogP contribution in [0.5, 0.6) is 0 Å². The number of amidine groups is 1. The van der Waals surface area contributed by atoms with Crippen molar-refractivity contribution >= 4 is 11.8 Å². The summed E-state index contributed by atoms with van der Waals surface area (Å²) in [6, 6.07) is 0.713. The summed E-state index contributed by atoms with van der Waals surface area (Å²) in [5.41, 5.74) is 0. The molecule has 1 unspecified atom stereocenters. The molecule has 4 heteroatoms. The van der Waals surface area contributed by atoms with E-state index < -0.39 is 5.97 Å². The molecule has 21 heavy (non-hydrogen) atoms. The molecule has 0 radical (unpaired) electrons. The van der Waals surface area contributed by atoms with Gasteiger partial charge in [0.2, 0.25) is 0 Å². The first-order valence-electron chi connectivity index (χ1n) is 8.79. The fourth-order valence-corrected chi connectivity index (χ4v) is 3.59. The summed E-state index contributed by atoms with van der Waals surface area (Å²) in [6.07, 6.45) is 13.6. The Balaban J connectivity index is 1.63. The molecule has 2 heterocycles. The highest BCUT2D eigenvalue weighted by atomic mass is 16.4. The highest BCUT2D eigenvalue weighted by Crippen LogP contribution is 2.25. The van der Waals surface area contributed by atoms with Gasteiger partial charge in [-0.2, -0.15) is 0 Å². The SMILES string of the molecule is O=C(O)CCCCCCCC1CCCCC2=NCCCN21. The lowest BCUT2D eigenvalue weighted by atomic mass is 10.0. The van der Waals surface area contributed by atoms with Crippen LogP contribution < -0.4 is 0 Å². The first kappa shape index (κ1) is 16.3. The van der Waals surface area contributed by atoms with E-state index in [0.717, 1.165) is 19.4 Å². The van der Waals surface area contributed by atoms with E-state index in [1.165, 1.54) is 70.2 Å². The van der Waals surface area contributed by atoms with Crippen LogP contribution in [0.1, 0.15) is 77.0 Å². The second-order valence-corrected chi connectivity index (χ2v) is 6.44. The smallest absolute Gasteiger partial charge is 0.303 e.